The lowest BCUT2D eigenvalue weighted by atomic mass is 10.1. The third-order valence-corrected chi connectivity index (χ3v) is 4.01. The van der Waals surface area contributed by atoms with Crippen molar-refractivity contribution in [3.63, 3.8) is 0 Å². The first kappa shape index (κ1) is 15.2. The van der Waals surface area contributed by atoms with Crippen LogP contribution in [0.5, 0.6) is 5.75 Å². The van der Waals surface area contributed by atoms with Gasteiger partial charge in [0.05, 0.1) is 19.6 Å². The van der Waals surface area contributed by atoms with Gasteiger partial charge in [0.2, 0.25) is 5.91 Å². The van der Waals surface area contributed by atoms with Crippen LogP contribution in [0.25, 0.3) is 10.9 Å². The van der Waals surface area contributed by atoms with Crippen LogP contribution in [0.2, 0.25) is 0 Å². The fourth-order valence-corrected chi connectivity index (χ4v) is 2.85. The Balaban J connectivity index is 1.72. The van der Waals surface area contributed by atoms with Crippen LogP contribution in [0.15, 0.2) is 54.7 Å². The third kappa shape index (κ3) is 3.21. The number of benzene rings is 2. The summed E-state index contributed by atoms with van der Waals surface area (Å²) >= 11 is 0. The molecule has 0 radical (unpaired) electrons. The largest absolute Gasteiger partial charge is 0.496 e. The van der Waals surface area contributed by atoms with Crippen LogP contribution in [-0.4, -0.2) is 18.0 Å². The number of nitrogens with one attached hydrogen (secondary N) is 2. The summed E-state index contributed by atoms with van der Waals surface area (Å²) in [5, 5.41) is 4.13. The number of rotatable bonds is 5. The maximum atomic E-state index is 12.4. The first-order chi connectivity index (χ1) is 11.2. The van der Waals surface area contributed by atoms with E-state index in [1.807, 2.05) is 61.7 Å². The maximum absolute atomic E-state index is 12.4. The van der Waals surface area contributed by atoms with Crippen LogP contribution in [0.3, 0.4) is 0 Å². The molecule has 3 aromatic rings. The van der Waals surface area contributed by atoms with E-state index in [1.54, 1.807) is 7.11 Å². The number of carbonyl (C=O) groups excluding carboxylic acids is 1. The molecule has 0 bridgehead atoms. The number of hydrogen-bond acceptors (Lipinski definition) is 2. The lowest BCUT2D eigenvalue weighted by Crippen LogP contribution is -2.28. The number of methoxy groups -OCH3 is 1. The number of H-pyrrole nitrogens is 1. The van der Waals surface area contributed by atoms with E-state index in [-0.39, 0.29) is 11.9 Å². The number of ether oxygens (including phenoxy) is 1. The molecule has 2 aromatic carbocycles. The molecule has 4 nitrogen and oxygen atoms in total. The van der Waals surface area contributed by atoms with E-state index in [4.69, 9.17) is 4.74 Å². The summed E-state index contributed by atoms with van der Waals surface area (Å²) in [6, 6.07) is 15.6. The molecule has 118 valence electrons. The molecule has 0 aliphatic rings. The van der Waals surface area contributed by atoms with Gasteiger partial charge < -0.3 is 15.0 Å². The number of amides is 1. The van der Waals surface area contributed by atoms with Crippen LogP contribution in [-0.2, 0) is 11.2 Å². The van der Waals surface area contributed by atoms with E-state index in [2.05, 4.69) is 10.3 Å². The van der Waals surface area contributed by atoms with Gasteiger partial charge in [-0.25, -0.2) is 0 Å². The minimum Gasteiger partial charge on any atom is -0.496 e. The summed E-state index contributed by atoms with van der Waals surface area (Å²) in [5.74, 6) is 0.778. The Bertz CT molecular complexity index is 823. The molecule has 1 unspecified atom stereocenters. The van der Waals surface area contributed by atoms with E-state index in [0.717, 1.165) is 27.8 Å². The third-order valence-electron chi connectivity index (χ3n) is 4.01. The summed E-state index contributed by atoms with van der Waals surface area (Å²) in [4.78, 5) is 15.6. The number of fused-ring (bicyclic) bond motifs is 1. The van der Waals surface area contributed by atoms with Gasteiger partial charge in [-0.3, -0.25) is 4.79 Å². The van der Waals surface area contributed by atoms with Gasteiger partial charge in [0.15, 0.2) is 0 Å². The van der Waals surface area contributed by atoms with Crippen molar-refractivity contribution in [1.82, 2.24) is 10.3 Å². The zero-order chi connectivity index (χ0) is 16.2. The summed E-state index contributed by atoms with van der Waals surface area (Å²) in [6.45, 7) is 1.96. The molecule has 0 fully saturated rings. The first-order valence-electron chi connectivity index (χ1n) is 7.66. The van der Waals surface area contributed by atoms with E-state index in [9.17, 15) is 4.79 Å². The number of carbonyl (C=O) groups is 1. The lowest BCUT2D eigenvalue weighted by Gasteiger charge is -2.17. The summed E-state index contributed by atoms with van der Waals surface area (Å²) in [5.41, 5.74) is 3.03. The van der Waals surface area contributed by atoms with E-state index < -0.39 is 0 Å². The van der Waals surface area contributed by atoms with Gasteiger partial charge in [-0.15, -0.1) is 0 Å². The number of para-hydroxylation sites is 2. The molecule has 2 N–H and O–H groups in total. The normalized spacial score (nSPS) is 12.1. The average Bonchev–Trinajstić information content (AvgIpc) is 2.97. The molecule has 0 saturated carbocycles. The Morgan fingerprint density at radius 2 is 1.91 bits per heavy atom. The van der Waals surface area contributed by atoms with Gasteiger partial charge in [0, 0.05) is 22.7 Å². The molecule has 1 heterocycles. The highest BCUT2D eigenvalue weighted by atomic mass is 16.5. The van der Waals surface area contributed by atoms with Crippen LogP contribution in [0, 0.1) is 0 Å². The number of hydrogen-bond donors (Lipinski definition) is 2. The van der Waals surface area contributed by atoms with Gasteiger partial charge >= 0.3 is 0 Å². The second kappa shape index (κ2) is 6.57. The maximum Gasteiger partial charge on any atom is 0.224 e. The molecule has 3 rings (SSSR count). The van der Waals surface area contributed by atoms with Gasteiger partial charge in [0.25, 0.3) is 0 Å². The van der Waals surface area contributed by atoms with Gasteiger partial charge in [-0.05, 0) is 24.6 Å². The zero-order valence-electron chi connectivity index (χ0n) is 13.3. The molecule has 0 spiro atoms. The fraction of sp³-hybridized carbons (Fsp3) is 0.211. The first-order valence-corrected chi connectivity index (χ1v) is 7.66. The fourth-order valence-electron chi connectivity index (χ4n) is 2.85. The molecular formula is C19H20N2O2. The number of aromatic nitrogens is 1. The topological polar surface area (TPSA) is 54.1 Å². The van der Waals surface area contributed by atoms with Gasteiger partial charge in [-0.1, -0.05) is 36.4 Å². The van der Waals surface area contributed by atoms with Crippen molar-refractivity contribution in [3.05, 3.63) is 65.9 Å². The second-order valence-corrected chi connectivity index (χ2v) is 5.57. The molecule has 1 atom stereocenters. The van der Waals surface area contributed by atoms with Crippen LogP contribution in [0.1, 0.15) is 24.1 Å². The SMILES string of the molecule is COc1ccccc1C(C)NC(=O)Cc1c[nH]c2ccccc12. The van der Waals surface area contributed by atoms with Crippen LogP contribution >= 0.6 is 0 Å². The molecule has 1 aromatic heterocycles. The molecule has 23 heavy (non-hydrogen) atoms. The summed E-state index contributed by atoms with van der Waals surface area (Å²) in [6.07, 6.45) is 2.25. The predicted molar refractivity (Wildman–Crippen MR) is 91.6 cm³/mol. The lowest BCUT2D eigenvalue weighted by molar-refractivity contribution is -0.121. The Hall–Kier alpha value is -2.75. The van der Waals surface area contributed by atoms with Crippen molar-refractivity contribution in [1.29, 1.82) is 0 Å². The van der Waals surface area contributed by atoms with E-state index in [1.165, 1.54) is 0 Å². The van der Waals surface area contributed by atoms with Crippen molar-refractivity contribution < 1.29 is 9.53 Å². The highest BCUT2D eigenvalue weighted by Gasteiger charge is 2.15. The predicted octanol–water partition coefficient (Wildman–Crippen LogP) is 3.60. The Kier molecular flexibility index (Phi) is 4.33. The Labute approximate surface area is 135 Å². The minimum atomic E-state index is -0.108. The molecule has 4 heteroatoms. The monoisotopic (exact) mass is 308 g/mol. The Morgan fingerprint density at radius 1 is 1.17 bits per heavy atom. The summed E-state index contributed by atoms with van der Waals surface area (Å²) < 4.78 is 5.36. The zero-order valence-corrected chi connectivity index (χ0v) is 13.3. The van der Waals surface area contributed by atoms with Crippen molar-refractivity contribution in [2.24, 2.45) is 0 Å². The van der Waals surface area contributed by atoms with Crippen molar-refractivity contribution in [3.8, 4) is 5.75 Å². The standard InChI is InChI=1S/C19H20N2O2/c1-13(15-7-4-6-10-18(15)23-2)21-19(22)11-14-12-20-17-9-5-3-8-16(14)17/h3-10,12-13,20H,11H2,1-2H3,(H,21,22). The summed E-state index contributed by atoms with van der Waals surface area (Å²) in [7, 11) is 1.64. The van der Waals surface area contributed by atoms with Crippen LogP contribution in [0.4, 0.5) is 0 Å². The number of aromatic amines is 1. The van der Waals surface area contributed by atoms with Crippen molar-refractivity contribution in [2.45, 2.75) is 19.4 Å². The van der Waals surface area contributed by atoms with Crippen molar-refractivity contribution in [2.75, 3.05) is 7.11 Å². The highest BCUT2D eigenvalue weighted by Crippen LogP contribution is 2.24. The molecular weight excluding hydrogens is 288 g/mol. The quantitative estimate of drug-likeness (QED) is 0.756. The Morgan fingerprint density at radius 3 is 2.74 bits per heavy atom. The van der Waals surface area contributed by atoms with Crippen molar-refractivity contribution >= 4 is 16.8 Å². The smallest absolute Gasteiger partial charge is 0.224 e. The average molecular weight is 308 g/mol. The van der Waals surface area contributed by atoms with Crippen LogP contribution < -0.4 is 10.1 Å². The molecule has 1 amide bonds. The highest BCUT2D eigenvalue weighted by molar-refractivity contribution is 5.89. The van der Waals surface area contributed by atoms with Gasteiger partial charge in [0.1, 0.15) is 5.75 Å². The second-order valence-electron chi connectivity index (χ2n) is 5.57. The molecule has 0 saturated heterocycles. The minimum absolute atomic E-state index is 0.00633. The molecule has 0 aliphatic carbocycles. The van der Waals surface area contributed by atoms with E-state index in [0.29, 0.717) is 6.42 Å². The van der Waals surface area contributed by atoms with Gasteiger partial charge in [-0.2, -0.15) is 0 Å². The van der Waals surface area contributed by atoms with E-state index >= 15 is 0 Å². The molecule has 0 aliphatic heterocycles.